The molecule has 3 rings (SSSR count). The molecule has 0 fully saturated rings. The number of nitrogens with one attached hydrogen (secondary N) is 2. The second-order valence-electron chi connectivity index (χ2n) is 7.82. The maximum absolute atomic E-state index is 12.8. The van der Waals surface area contributed by atoms with Crippen LogP contribution in [-0.2, 0) is 11.3 Å². The first-order valence-electron chi connectivity index (χ1n) is 10.6. The molecule has 0 saturated heterocycles. The van der Waals surface area contributed by atoms with E-state index in [1.54, 1.807) is 36.2 Å². The first kappa shape index (κ1) is 22.9. The maximum atomic E-state index is 12.8. The molecule has 6 nitrogen and oxygen atoms in total. The van der Waals surface area contributed by atoms with Gasteiger partial charge in [-0.25, -0.2) is 0 Å². The van der Waals surface area contributed by atoms with Gasteiger partial charge < -0.3 is 20.3 Å². The van der Waals surface area contributed by atoms with E-state index in [4.69, 9.17) is 4.74 Å². The summed E-state index contributed by atoms with van der Waals surface area (Å²) in [6, 6.07) is 24.3. The summed E-state index contributed by atoms with van der Waals surface area (Å²) in [5.41, 5.74) is 2.95. The molecular formula is C26H29N3O3. The minimum atomic E-state index is -0.206. The van der Waals surface area contributed by atoms with E-state index in [9.17, 15) is 9.59 Å². The number of carbonyl (C=O) groups is 2. The predicted molar refractivity (Wildman–Crippen MR) is 128 cm³/mol. The van der Waals surface area contributed by atoms with Crippen molar-refractivity contribution < 1.29 is 14.3 Å². The number of hydrogen-bond donors (Lipinski definition) is 2. The highest BCUT2D eigenvalue weighted by Crippen LogP contribution is 2.19. The quantitative estimate of drug-likeness (QED) is 0.511. The zero-order valence-corrected chi connectivity index (χ0v) is 18.7. The van der Waals surface area contributed by atoms with Gasteiger partial charge in [0.05, 0.1) is 12.6 Å². The number of amides is 2. The van der Waals surface area contributed by atoms with Crippen LogP contribution in [0.5, 0.6) is 5.75 Å². The van der Waals surface area contributed by atoms with Gasteiger partial charge in [0.25, 0.3) is 5.91 Å². The Morgan fingerprint density at radius 3 is 2.38 bits per heavy atom. The molecule has 0 heterocycles. The fourth-order valence-electron chi connectivity index (χ4n) is 3.22. The third kappa shape index (κ3) is 6.87. The van der Waals surface area contributed by atoms with Crippen LogP contribution in [0.2, 0.25) is 0 Å². The van der Waals surface area contributed by atoms with Gasteiger partial charge in [-0.3, -0.25) is 9.59 Å². The number of benzene rings is 3. The van der Waals surface area contributed by atoms with Crippen LogP contribution < -0.4 is 15.4 Å². The minimum Gasteiger partial charge on any atom is -0.491 e. The number of nitrogens with zero attached hydrogens (tertiary/aromatic N) is 1. The van der Waals surface area contributed by atoms with Crippen LogP contribution in [0.15, 0.2) is 78.9 Å². The van der Waals surface area contributed by atoms with Crippen LogP contribution in [0, 0.1) is 0 Å². The van der Waals surface area contributed by atoms with Gasteiger partial charge in [0.15, 0.2) is 0 Å². The summed E-state index contributed by atoms with van der Waals surface area (Å²) in [5.74, 6) is 0.434. The Bertz CT molecular complexity index is 1050. The highest BCUT2D eigenvalue weighted by molar-refractivity contribution is 5.98. The van der Waals surface area contributed by atoms with Crippen molar-refractivity contribution in [1.82, 2.24) is 4.90 Å². The largest absolute Gasteiger partial charge is 0.491 e. The lowest BCUT2D eigenvalue weighted by Crippen LogP contribution is -2.26. The average Bonchev–Trinajstić information content (AvgIpc) is 2.78. The molecule has 0 atom stereocenters. The molecule has 0 radical (unpaired) electrons. The third-order valence-corrected chi connectivity index (χ3v) is 4.66. The van der Waals surface area contributed by atoms with Crippen LogP contribution in [0.4, 0.5) is 11.4 Å². The Hall–Kier alpha value is -3.80. The molecule has 32 heavy (non-hydrogen) atoms. The smallest absolute Gasteiger partial charge is 0.253 e. The summed E-state index contributed by atoms with van der Waals surface area (Å²) in [6.45, 7) is 4.54. The molecule has 0 aliphatic carbocycles. The summed E-state index contributed by atoms with van der Waals surface area (Å²) in [4.78, 5) is 26.9. The molecule has 6 heteroatoms. The van der Waals surface area contributed by atoms with Crippen molar-refractivity contribution in [3.63, 3.8) is 0 Å². The molecular weight excluding hydrogens is 402 g/mol. The van der Waals surface area contributed by atoms with Crippen molar-refractivity contribution in [2.24, 2.45) is 0 Å². The lowest BCUT2D eigenvalue weighted by molar-refractivity contribution is -0.114. The number of ether oxygens (including phenoxy) is 1. The van der Waals surface area contributed by atoms with Gasteiger partial charge in [-0.1, -0.05) is 42.5 Å². The number of anilines is 2. The summed E-state index contributed by atoms with van der Waals surface area (Å²) < 4.78 is 5.67. The maximum Gasteiger partial charge on any atom is 0.253 e. The fraction of sp³-hybridized carbons (Fsp3) is 0.231. The highest BCUT2D eigenvalue weighted by Gasteiger charge is 2.13. The Morgan fingerprint density at radius 1 is 0.906 bits per heavy atom. The summed E-state index contributed by atoms with van der Waals surface area (Å²) in [5, 5.41) is 5.93. The number of carbonyl (C=O) groups excluding carboxylic acids is 2. The Kier molecular flexibility index (Phi) is 7.86. The molecule has 0 spiro atoms. The van der Waals surface area contributed by atoms with Crippen molar-refractivity contribution in [3.05, 3.63) is 90.0 Å². The minimum absolute atomic E-state index is 0.0790. The topological polar surface area (TPSA) is 70.7 Å². The molecule has 3 aromatic carbocycles. The van der Waals surface area contributed by atoms with Gasteiger partial charge in [0.1, 0.15) is 5.75 Å². The monoisotopic (exact) mass is 431 g/mol. The van der Waals surface area contributed by atoms with Crippen molar-refractivity contribution in [1.29, 1.82) is 0 Å². The normalized spacial score (nSPS) is 10.5. The first-order valence-corrected chi connectivity index (χ1v) is 10.6. The zero-order chi connectivity index (χ0) is 22.9. The lowest BCUT2D eigenvalue weighted by atomic mass is 10.1. The van der Waals surface area contributed by atoms with Gasteiger partial charge in [-0.15, -0.1) is 0 Å². The summed E-state index contributed by atoms with van der Waals surface area (Å²) in [6.07, 6.45) is 0.0790. The van der Waals surface area contributed by atoms with Crippen molar-refractivity contribution in [2.75, 3.05) is 24.2 Å². The lowest BCUT2D eigenvalue weighted by Gasteiger charge is -2.18. The van der Waals surface area contributed by atoms with Gasteiger partial charge in [-0.05, 0) is 49.7 Å². The zero-order valence-electron chi connectivity index (χ0n) is 18.7. The predicted octanol–water partition coefficient (Wildman–Crippen LogP) is 4.80. The standard InChI is InChI=1S/C26H29N3O3/c1-19(2)32-24-14-8-12-22(16-24)27-17-25(30)28-23-13-7-11-21(15-23)26(31)29(3)18-20-9-5-4-6-10-20/h4-16,19,27H,17-18H2,1-3H3,(H,28,30). The van der Waals surface area contributed by atoms with Crippen LogP contribution in [0.3, 0.4) is 0 Å². The first-order chi connectivity index (χ1) is 15.4. The SMILES string of the molecule is CC(C)Oc1cccc(NCC(=O)Nc2cccc(C(=O)N(C)Cc3ccccc3)c2)c1. The van der Waals surface area contributed by atoms with Crippen LogP contribution in [0.1, 0.15) is 29.8 Å². The second-order valence-corrected chi connectivity index (χ2v) is 7.82. The van der Waals surface area contributed by atoms with E-state index in [1.807, 2.05) is 68.4 Å². The summed E-state index contributed by atoms with van der Waals surface area (Å²) >= 11 is 0. The molecule has 0 aliphatic rings. The summed E-state index contributed by atoms with van der Waals surface area (Å²) in [7, 11) is 1.77. The van der Waals surface area contributed by atoms with Crippen molar-refractivity contribution >= 4 is 23.2 Å². The molecule has 0 unspecified atom stereocenters. The molecule has 166 valence electrons. The van der Waals surface area contributed by atoms with Gasteiger partial charge in [0.2, 0.25) is 5.91 Å². The van der Waals surface area contributed by atoms with E-state index >= 15 is 0 Å². The Labute approximate surface area is 189 Å². The van der Waals surface area contributed by atoms with Gasteiger partial charge in [0, 0.05) is 36.6 Å². The third-order valence-electron chi connectivity index (χ3n) is 4.66. The molecule has 0 aliphatic heterocycles. The highest BCUT2D eigenvalue weighted by atomic mass is 16.5. The average molecular weight is 432 g/mol. The van der Waals surface area contributed by atoms with Crippen LogP contribution >= 0.6 is 0 Å². The van der Waals surface area contributed by atoms with E-state index in [-0.39, 0.29) is 24.5 Å². The van der Waals surface area contributed by atoms with E-state index in [0.29, 0.717) is 17.8 Å². The van der Waals surface area contributed by atoms with E-state index in [1.165, 1.54) is 0 Å². The number of hydrogen-bond acceptors (Lipinski definition) is 4. The molecule has 3 aromatic rings. The molecule has 0 aromatic heterocycles. The van der Waals surface area contributed by atoms with Crippen LogP contribution in [0.25, 0.3) is 0 Å². The van der Waals surface area contributed by atoms with Crippen molar-refractivity contribution in [2.45, 2.75) is 26.5 Å². The number of rotatable bonds is 9. The fourth-order valence-corrected chi connectivity index (χ4v) is 3.22. The van der Waals surface area contributed by atoms with Crippen molar-refractivity contribution in [3.8, 4) is 5.75 Å². The Balaban J connectivity index is 1.56. The molecule has 2 amide bonds. The molecule has 0 saturated carbocycles. The van der Waals surface area contributed by atoms with E-state index in [0.717, 1.165) is 17.0 Å². The Morgan fingerprint density at radius 2 is 1.62 bits per heavy atom. The van der Waals surface area contributed by atoms with E-state index < -0.39 is 0 Å². The molecule has 2 N–H and O–H groups in total. The second kappa shape index (κ2) is 11.0. The van der Waals surface area contributed by atoms with Gasteiger partial charge >= 0.3 is 0 Å². The van der Waals surface area contributed by atoms with Gasteiger partial charge in [-0.2, -0.15) is 0 Å². The van der Waals surface area contributed by atoms with Crippen LogP contribution in [-0.4, -0.2) is 36.4 Å². The molecule has 0 bridgehead atoms. The van der Waals surface area contributed by atoms with E-state index in [2.05, 4.69) is 10.6 Å².